The van der Waals surface area contributed by atoms with E-state index < -0.39 is 23.8 Å². The van der Waals surface area contributed by atoms with E-state index in [0.717, 1.165) is 30.2 Å². The summed E-state index contributed by atoms with van der Waals surface area (Å²) in [6.45, 7) is 2.74. The number of imide groups is 2. The Morgan fingerprint density at radius 2 is 1.84 bits per heavy atom. The van der Waals surface area contributed by atoms with Gasteiger partial charge in [-0.1, -0.05) is 0 Å². The first-order chi connectivity index (χ1) is 12.0. The second-order valence-electron chi connectivity index (χ2n) is 6.61. The first-order valence-corrected chi connectivity index (χ1v) is 8.35. The number of nitrogens with zero attached hydrogens (tertiary/aromatic N) is 1. The molecule has 0 aromatic heterocycles. The normalized spacial score (nSPS) is 23.4. The van der Waals surface area contributed by atoms with Crippen molar-refractivity contribution in [1.82, 2.24) is 15.5 Å². The lowest BCUT2D eigenvalue weighted by atomic mass is 10.0. The summed E-state index contributed by atoms with van der Waals surface area (Å²) in [5.41, 5.74) is 1.37. The van der Waals surface area contributed by atoms with Crippen molar-refractivity contribution in [1.29, 1.82) is 0 Å². The Labute approximate surface area is 143 Å². The van der Waals surface area contributed by atoms with Gasteiger partial charge in [0.05, 0.1) is 11.1 Å². The first kappa shape index (κ1) is 15.8. The highest BCUT2D eigenvalue weighted by molar-refractivity contribution is 6.23. The molecule has 4 amide bonds. The standard InChI is InChI=1S/C17H18N4O4/c22-14-4-3-13(15(23)20-14)21-16(24)11-2-1-10(5-12(11)17(21)25)19-8-9-6-18-7-9/h1-2,5,9,13,18-19H,3-4,6-8H2,(H,20,22,23). The molecule has 1 unspecified atom stereocenters. The quantitative estimate of drug-likeness (QED) is 0.650. The molecule has 3 heterocycles. The Morgan fingerprint density at radius 3 is 2.52 bits per heavy atom. The van der Waals surface area contributed by atoms with Crippen molar-refractivity contribution in [2.24, 2.45) is 5.92 Å². The summed E-state index contributed by atoms with van der Waals surface area (Å²) >= 11 is 0. The van der Waals surface area contributed by atoms with Crippen molar-refractivity contribution in [3.8, 4) is 0 Å². The molecule has 0 aliphatic carbocycles. The third kappa shape index (κ3) is 2.68. The molecule has 0 radical (unpaired) electrons. The largest absolute Gasteiger partial charge is 0.385 e. The minimum Gasteiger partial charge on any atom is -0.385 e. The number of nitrogens with one attached hydrogen (secondary N) is 3. The minimum atomic E-state index is -0.928. The van der Waals surface area contributed by atoms with Gasteiger partial charge in [0.1, 0.15) is 6.04 Å². The van der Waals surface area contributed by atoms with Crippen LogP contribution in [0.25, 0.3) is 0 Å². The van der Waals surface area contributed by atoms with E-state index in [2.05, 4.69) is 16.0 Å². The molecule has 130 valence electrons. The Bertz CT molecular complexity index is 787. The van der Waals surface area contributed by atoms with Crippen LogP contribution in [0.3, 0.4) is 0 Å². The highest BCUT2D eigenvalue weighted by Crippen LogP contribution is 2.29. The van der Waals surface area contributed by atoms with Crippen LogP contribution in [0.15, 0.2) is 18.2 Å². The van der Waals surface area contributed by atoms with Crippen LogP contribution >= 0.6 is 0 Å². The Kier molecular flexibility index (Phi) is 3.76. The average molecular weight is 342 g/mol. The van der Waals surface area contributed by atoms with Gasteiger partial charge in [-0.15, -0.1) is 0 Å². The van der Waals surface area contributed by atoms with Crippen LogP contribution in [0.5, 0.6) is 0 Å². The predicted octanol–water partition coefficient (Wildman–Crippen LogP) is -0.281. The number of carbonyl (C=O) groups excluding carboxylic acids is 4. The zero-order valence-electron chi connectivity index (χ0n) is 13.5. The van der Waals surface area contributed by atoms with Crippen molar-refractivity contribution in [3.63, 3.8) is 0 Å². The fourth-order valence-electron chi connectivity index (χ4n) is 3.34. The smallest absolute Gasteiger partial charge is 0.262 e. The summed E-state index contributed by atoms with van der Waals surface area (Å²) in [7, 11) is 0. The zero-order chi connectivity index (χ0) is 17.6. The summed E-state index contributed by atoms with van der Waals surface area (Å²) < 4.78 is 0. The van der Waals surface area contributed by atoms with Gasteiger partial charge in [-0.2, -0.15) is 0 Å². The van der Waals surface area contributed by atoms with E-state index in [1.165, 1.54) is 0 Å². The molecule has 3 aliphatic rings. The molecule has 2 fully saturated rings. The number of rotatable bonds is 4. The Morgan fingerprint density at radius 1 is 1.08 bits per heavy atom. The predicted molar refractivity (Wildman–Crippen MR) is 88.0 cm³/mol. The second kappa shape index (κ2) is 5.96. The van der Waals surface area contributed by atoms with Crippen LogP contribution in [0.4, 0.5) is 5.69 Å². The molecule has 1 aromatic carbocycles. The number of anilines is 1. The Hall–Kier alpha value is -2.74. The maximum Gasteiger partial charge on any atom is 0.262 e. The fourth-order valence-corrected chi connectivity index (χ4v) is 3.34. The van der Waals surface area contributed by atoms with E-state index >= 15 is 0 Å². The molecule has 25 heavy (non-hydrogen) atoms. The number of piperidine rings is 1. The number of amides is 4. The number of carbonyl (C=O) groups is 4. The molecule has 8 nitrogen and oxygen atoms in total. The van der Waals surface area contributed by atoms with Crippen LogP contribution in [-0.4, -0.2) is 54.2 Å². The van der Waals surface area contributed by atoms with Crippen LogP contribution in [0.1, 0.15) is 33.6 Å². The summed E-state index contributed by atoms with van der Waals surface area (Å²) in [5.74, 6) is -1.38. The van der Waals surface area contributed by atoms with Gasteiger partial charge in [-0.05, 0) is 24.6 Å². The van der Waals surface area contributed by atoms with Crippen molar-refractivity contribution in [2.45, 2.75) is 18.9 Å². The van der Waals surface area contributed by atoms with Crippen molar-refractivity contribution < 1.29 is 19.2 Å². The van der Waals surface area contributed by atoms with Gasteiger partial charge < -0.3 is 10.6 Å². The van der Waals surface area contributed by atoms with Crippen LogP contribution in [0, 0.1) is 5.92 Å². The van der Waals surface area contributed by atoms with Crippen LogP contribution in [-0.2, 0) is 9.59 Å². The van der Waals surface area contributed by atoms with Gasteiger partial charge >= 0.3 is 0 Å². The van der Waals surface area contributed by atoms with Crippen molar-refractivity contribution >= 4 is 29.3 Å². The third-order valence-corrected chi connectivity index (χ3v) is 4.90. The second-order valence-corrected chi connectivity index (χ2v) is 6.61. The van der Waals surface area contributed by atoms with E-state index in [-0.39, 0.29) is 18.7 Å². The molecular formula is C17H18N4O4. The van der Waals surface area contributed by atoms with Gasteiger partial charge in [0.2, 0.25) is 11.8 Å². The lowest BCUT2D eigenvalue weighted by molar-refractivity contribution is -0.136. The molecule has 2 saturated heterocycles. The van der Waals surface area contributed by atoms with Gasteiger partial charge in [-0.25, -0.2) is 0 Å². The number of hydrogen-bond donors (Lipinski definition) is 3. The highest BCUT2D eigenvalue weighted by atomic mass is 16.2. The lowest BCUT2D eigenvalue weighted by Crippen LogP contribution is -2.54. The Balaban J connectivity index is 1.54. The SMILES string of the molecule is O=C1CCC(N2C(=O)c3ccc(NCC4CNC4)cc3C2=O)C(=O)N1. The molecule has 8 heteroatoms. The molecular weight excluding hydrogens is 324 g/mol. The molecule has 0 bridgehead atoms. The maximum atomic E-state index is 12.7. The molecule has 1 atom stereocenters. The fraction of sp³-hybridized carbons (Fsp3) is 0.412. The van der Waals surface area contributed by atoms with Crippen molar-refractivity contribution in [3.05, 3.63) is 29.3 Å². The van der Waals surface area contributed by atoms with Gasteiger partial charge in [0, 0.05) is 37.7 Å². The van der Waals surface area contributed by atoms with Gasteiger partial charge in [0.25, 0.3) is 11.8 Å². The van der Waals surface area contributed by atoms with Crippen molar-refractivity contribution in [2.75, 3.05) is 25.0 Å². The maximum absolute atomic E-state index is 12.7. The topological polar surface area (TPSA) is 108 Å². The molecule has 4 rings (SSSR count). The van der Waals surface area contributed by atoms with Gasteiger partial charge in [0.15, 0.2) is 0 Å². The molecule has 3 aliphatic heterocycles. The van der Waals surface area contributed by atoms with Gasteiger partial charge in [-0.3, -0.25) is 29.4 Å². The van der Waals surface area contributed by atoms with E-state index in [1.54, 1.807) is 18.2 Å². The summed E-state index contributed by atoms with van der Waals surface area (Å²) in [6, 6.07) is 4.11. The summed E-state index contributed by atoms with van der Waals surface area (Å²) in [4.78, 5) is 49.6. The van der Waals surface area contributed by atoms with E-state index in [9.17, 15) is 19.2 Å². The average Bonchev–Trinajstić information content (AvgIpc) is 2.78. The molecule has 3 N–H and O–H groups in total. The van der Waals surface area contributed by atoms with Crippen LogP contribution in [0.2, 0.25) is 0 Å². The zero-order valence-corrected chi connectivity index (χ0v) is 13.5. The summed E-state index contributed by atoms with van der Waals surface area (Å²) in [5, 5.41) is 8.66. The minimum absolute atomic E-state index is 0.117. The number of hydrogen-bond acceptors (Lipinski definition) is 6. The number of benzene rings is 1. The summed E-state index contributed by atoms with van der Waals surface area (Å²) in [6.07, 6.45) is 0.280. The molecule has 0 spiro atoms. The van der Waals surface area contributed by atoms with Crippen LogP contribution < -0.4 is 16.0 Å². The monoisotopic (exact) mass is 342 g/mol. The lowest BCUT2D eigenvalue weighted by Gasteiger charge is -2.27. The third-order valence-electron chi connectivity index (χ3n) is 4.90. The highest BCUT2D eigenvalue weighted by Gasteiger charge is 2.44. The molecule has 0 saturated carbocycles. The molecule has 1 aromatic rings. The van der Waals surface area contributed by atoms with E-state index in [1.807, 2.05) is 0 Å². The number of fused-ring (bicyclic) bond motifs is 1. The van der Waals surface area contributed by atoms with E-state index in [0.29, 0.717) is 17.0 Å². The first-order valence-electron chi connectivity index (χ1n) is 8.35. The van der Waals surface area contributed by atoms with E-state index in [4.69, 9.17) is 0 Å².